The summed E-state index contributed by atoms with van der Waals surface area (Å²) in [6.45, 7) is 8.20. The van der Waals surface area contributed by atoms with E-state index in [2.05, 4.69) is 9.62 Å². The van der Waals surface area contributed by atoms with E-state index in [4.69, 9.17) is 23.7 Å². The normalized spacial score (nSPS) is 12.0. The highest BCUT2D eigenvalue weighted by Crippen LogP contribution is 2.33. The third-order valence-corrected chi connectivity index (χ3v) is 9.26. The molecule has 5 aromatic carbocycles. The van der Waals surface area contributed by atoms with Crippen molar-refractivity contribution < 1.29 is 46.8 Å². The number of anilines is 1. The Bertz CT molecular complexity index is 2110. The van der Waals surface area contributed by atoms with Gasteiger partial charge in [0.1, 0.15) is 23.9 Å². The summed E-state index contributed by atoms with van der Waals surface area (Å²) in [4.78, 5) is 26.5. The van der Waals surface area contributed by atoms with Gasteiger partial charge in [0, 0.05) is 25.6 Å². The molecule has 13 heteroatoms. The van der Waals surface area contributed by atoms with Gasteiger partial charge < -0.3 is 28.8 Å². The third kappa shape index (κ3) is 13.9. The van der Waals surface area contributed by atoms with Crippen LogP contribution in [-0.2, 0) is 32.6 Å². The molecule has 0 aliphatic carbocycles. The van der Waals surface area contributed by atoms with Gasteiger partial charge in [0.2, 0.25) is 10.0 Å². The van der Waals surface area contributed by atoms with E-state index in [0.717, 1.165) is 28.5 Å². The summed E-state index contributed by atoms with van der Waals surface area (Å²) in [7, 11) is -3.69. The van der Waals surface area contributed by atoms with Crippen molar-refractivity contribution in [3.63, 3.8) is 0 Å². The fourth-order valence-corrected chi connectivity index (χ4v) is 6.67. The molecule has 12 nitrogen and oxygen atoms in total. The lowest BCUT2D eigenvalue weighted by atomic mass is 9.90. The van der Waals surface area contributed by atoms with Gasteiger partial charge in [0.15, 0.2) is 0 Å². The summed E-state index contributed by atoms with van der Waals surface area (Å²) >= 11 is 0. The standard InChI is InChI=1S/C45H50N2O10S/c1-31(2)54-44(49)56-38-21-16-35(17-22-38)40(36-18-23-39(24-19-36)57-45(50)55-32(3)4)28-47(27-33-12-8-6-9-13-33)29-42(48)37-20-25-43(41(26-37)46-58(5,51)52)53-30-34-14-10-7-11-15-34/h6-26,31-32,40,42,46,48H,27-30H2,1-5H3/t42-/m0/s1. The molecule has 0 aliphatic rings. The zero-order chi connectivity index (χ0) is 41.7. The number of aliphatic hydroxyl groups excluding tert-OH is 1. The first-order valence-electron chi connectivity index (χ1n) is 18.9. The molecule has 306 valence electrons. The van der Waals surface area contributed by atoms with Crippen molar-refractivity contribution in [3.8, 4) is 17.2 Å². The Morgan fingerprint density at radius 1 is 0.655 bits per heavy atom. The van der Waals surface area contributed by atoms with Gasteiger partial charge in [-0.15, -0.1) is 0 Å². The monoisotopic (exact) mass is 810 g/mol. The van der Waals surface area contributed by atoms with Crippen LogP contribution in [0.1, 0.15) is 67.5 Å². The van der Waals surface area contributed by atoms with Crippen LogP contribution in [-0.4, -0.2) is 62.3 Å². The maximum absolute atomic E-state index is 12.4. The molecule has 0 bridgehead atoms. The summed E-state index contributed by atoms with van der Waals surface area (Å²) in [6, 6.07) is 38.5. The second-order valence-corrected chi connectivity index (χ2v) is 16.1. The second-order valence-electron chi connectivity index (χ2n) is 14.3. The van der Waals surface area contributed by atoms with E-state index in [1.807, 2.05) is 84.9 Å². The Kier molecular flexibility index (Phi) is 15.3. The van der Waals surface area contributed by atoms with Crippen LogP contribution in [0.15, 0.2) is 127 Å². The Morgan fingerprint density at radius 3 is 1.62 bits per heavy atom. The summed E-state index contributed by atoms with van der Waals surface area (Å²) in [6.07, 6.45) is -2.27. The quantitative estimate of drug-likeness (QED) is 0.0646. The molecular weight excluding hydrogens is 761 g/mol. The first kappa shape index (κ1) is 43.2. The molecule has 0 saturated carbocycles. The molecule has 0 radical (unpaired) electrons. The smallest absolute Gasteiger partial charge is 0.487 e. The summed E-state index contributed by atoms with van der Waals surface area (Å²) < 4.78 is 54.4. The maximum Gasteiger partial charge on any atom is 0.514 e. The largest absolute Gasteiger partial charge is 0.514 e. The van der Waals surface area contributed by atoms with Crippen molar-refractivity contribution in [1.82, 2.24) is 4.90 Å². The van der Waals surface area contributed by atoms with Crippen LogP contribution in [0.3, 0.4) is 0 Å². The number of hydrogen-bond acceptors (Lipinski definition) is 11. The molecule has 0 unspecified atom stereocenters. The number of carbonyl (C=O) groups excluding carboxylic acids is 2. The van der Waals surface area contributed by atoms with Gasteiger partial charge in [-0.3, -0.25) is 9.62 Å². The lowest BCUT2D eigenvalue weighted by Gasteiger charge is -2.30. The molecule has 1 atom stereocenters. The van der Waals surface area contributed by atoms with Crippen LogP contribution in [0.2, 0.25) is 0 Å². The summed E-state index contributed by atoms with van der Waals surface area (Å²) in [5.41, 5.74) is 4.38. The molecule has 0 spiro atoms. The lowest BCUT2D eigenvalue weighted by molar-refractivity contribution is 0.0717. The van der Waals surface area contributed by atoms with Gasteiger partial charge in [-0.05, 0) is 91.9 Å². The highest BCUT2D eigenvalue weighted by atomic mass is 32.2. The molecule has 2 N–H and O–H groups in total. The number of aliphatic hydroxyl groups is 1. The van der Waals surface area contributed by atoms with Gasteiger partial charge in [-0.25, -0.2) is 18.0 Å². The number of ether oxygens (including phenoxy) is 5. The number of nitrogens with zero attached hydrogens (tertiary/aromatic N) is 1. The second kappa shape index (κ2) is 20.5. The zero-order valence-corrected chi connectivity index (χ0v) is 34.1. The number of carbonyl (C=O) groups is 2. The van der Waals surface area contributed by atoms with Crippen LogP contribution in [0.25, 0.3) is 0 Å². The minimum atomic E-state index is -3.69. The highest BCUT2D eigenvalue weighted by molar-refractivity contribution is 7.92. The maximum atomic E-state index is 12.4. The number of rotatable bonds is 18. The molecule has 5 aromatic rings. The molecule has 5 rings (SSSR count). The third-order valence-electron chi connectivity index (χ3n) is 8.67. The first-order chi connectivity index (χ1) is 27.7. The van der Waals surface area contributed by atoms with Crippen molar-refractivity contribution in [3.05, 3.63) is 155 Å². The Hall–Kier alpha value is -5.89. The van der Waals surface area contributed by atoms with Crippen molar-refractivity contribution >= 4 is 28.0 Å². The van der Waals surface area contributed by atoms with E-state index >= 15 is 0 Å². The van der Waals surface area contributed by atoms with Crippen LogP contribution >= 0.6 is 0 Å². The minimum Gasteiger partial charge on any atom is -0.487 e. The predicted octanol–water partition coefficient (Wildman–Crippen LogP) is 8.85. The van der Waals surface area contributed by atoms with E-state index in [1.165, 1.54) is 0 Å². The van der Waals surface area contributed by atoms with E-state index in [0.29, 0.717) is 35.9 Å². The van der Waals surface area contributed by atoms with Gasteiger partial charge in [-0.1, -0.05) is 91.0 Å². The Labute approximate surface area is 340 Å². The molecule has 0 amide bonds. The van der Waals surface area contributed by atoms with Crippen molar-refractivity contribution in [2.24, 2.45) is 0 Å². The van der Waals surface area contributed by atoms with Crippen LogP contribution in [0.4, 0.5) is 15.3 Å². The SMILES string of the molecule is CC(C)OC(=O)Oc1ccc(C(CN(Cc2ccccc2)C[C@H](O)c2ccc(OCc3ccccc3)c(NS(C)(=O)=O)c2)c2ccc(OC(=O)OC(C)C)cc2)cc1. The van der Waals surface area contributed by atoms with Gasteiger partial charge in [0.05, 0.1) is 30.3 Å². The molecule has 0 saturated heterocycles. The van der Waals surface area contributed by atoms with E-state index in [1.54, 1.807) is 70.2 Å². The number of hydrogen-bond donors (Lipinski definition) is 2. The number of sulfonamides is 1. The van der Waals surface area contributed by atoms with Gasteiger partial charge >= 0.3 is 12.3 Å². The zero-order valence-electron chi connectivity index (χ0n) is 33.2. The van der Waals surface area contributed by atoms with Crippen molar-refractivity contribution in [1.29, 1.82) is 0 Å². The number of nitrogens with one attached hydrogen (secondary N) is 1. The van der Waals surface area contributed by atoms with E-state index in [9.17, 15) is 23.1 Å². The molecular formula is C45H50N2O10S. The highest BCUT2D eigenvalue weighted by Gasteiger charge is 2.24. The summed E-state index contributed by atoms with van der Waals surface area (Å²) in [5.74, 6) is 0.653. The molecule has 0 heterocycles. The molecule has 0 fully saturated rings. The molecule has 0 aromatic heterocycles. The van der Waals surface area contributed by atoms with E-state index in [-0.39, 0.29) is 37.0 Å². The Morgan fingerprint density at radius 2 is 1.14 bits per heavy atom. The molecule has 0 aliphatic heterocycles. The Balaban J connectivity index is 1.45. The van der Waals surface area contributed by atoms with Crippen LogP contribution < -0.4 is 18.9 Å². The lowest BCUT2D eigenvalue weighted by Crippen LogP contribution is -2.33. The fourth-order valence-electron chi connectivity index (χ4n) is 6.11. The first-order valence-corrected chi connectivity index (χ1v) is 20.8. The predicted molar refractivity (Wildman–Crippen MR) is 222 cm³/mol. The van der Waals surface area contributed by atoms with Gasteiger partial charge in [-0.2, -0.15) is 0 Å². The van der Waals surface area contributed by atoms with Crippen LogP contribution in [0, 0.1) is 0 Å². The molecule has 58 heavy (non-hydrogen) atoms. The van der Waals surface area contributed by atoms with Crippen molar-refractivity contribution in [2.45, 2.75) is 65.1 Å². The van der Waals surface area contributed by atoms with Gasteiger partial charge in [0.25, 0.3) is 0 Å². The van der Waals surface area contributed by atoms with Crippen molar-refractivity contribution in [2.75, 3.05) is 24.1 Å². The van der Waals surface area contributed by atoms with E-state index < -0.39 is 28.4 Å². The average Bonchev–Trinajstić information content (AvgIpc) is 3.16. The average molecular weight is 811 g/mol. The summed E-state index contributed by atoms with van der Waals surface area (Å²) in [5, 5.41) is 11.8. The minimum absolute atomic E-state index is 0.165. The fraction of sp³-hybridized carbons (Fsp3) is 0.289. The number of benzene rings is 5. The van der Waals surface area contributed by atoms with Crippen LogP contribution in [0.5, 0.6) is 17.2 Å². The topological polar surface area (TPSA) is 150 Å².